The SMILES string of the molecule is Cc1cc(C(=O)N(C)CC2CCCCC2O)c(C)n1-c1ccccn1. The molecule has 1 N–H and O–H groups in total. The number of amides is 1. The Kier molecular flexibility index (Phi) is 5.23. The third-order valence-corrected chi connectivity index (χ3v) is 5.26. The van der Waals surface area contributed by atoms with E-state index in [-0.39, 0.29) is 17.9 Å². The van der Waals surface area contributed by atoms with E-state index in [1.165, 1.54) is 0 Å². The Morgan fingerprint density at radius 1 is 1.32 bits per heavy atom. The molecule has 0 spiro atoms. The van der Waals surface area contributed by atoms with Gasteiger partial charge in [0.25, 0.3) is 5.91 Å². The first-order valence-electron chi connectivity index (χ1n) is 9.03. The molecule has 0 aromatic carbocycles. The molecule has 2 aromatic rings. The maximum atomic E-state index is 13.0. The summed E-state index contributed by atoms with van der Waals surface area (Å²) in [6.45, 7) is 4.55. The van der Waals surface area contributed by atoms with Gasteiger partial charge in [-0.05, 0) is 44.9 Å². The van der Waals surface area contributed by atoms with Crippen LogP contribution in [0.4, 0.5) is 0 Å². The minimum absolute atomic E-state index is 0.00746. The maximum absolute atomic E-state index is 13.0. The number of hydrogen-bond acceptors (Lipinski definition) is 3. The van der Waals surface area contributed by atoms with Crippen LogP contribution in [0.1, 0.15) is 47.4 Å². The van der Waals surface area contributed by atoms with Crippen LogP contribution < -0.4 is 0 Å². The number of rotatable bonds is 4. The normalized spacial score (nSPS) is 20.5. The quantitative estimate of drug-likeness (QED) is 0.929. The van der Waals surface area contributed by atoms with Crippen LogP contribution in [-0.4, -0.2) is 45.2 Å². The molecule has 2 unspecified atom stereocenters. The molecule has 1 aliphatic carbocycles. The van der Waals surface area contributed by atoms with E-state index in [9.17, 15) is 9.90 Å². The fourth-order valence-corrected chi connectivity index (χ4v) is 3.86. The van der Waals surface area contributed by atoms with Crippen molar-refractivity contribution in [2.45, 2.75) is 45.6 Å². The van der Waals surface area contributed by atoms with Crippen LogP contribution in [0.2, 0.25) is 0 Å². The number of carbonyl (C=O) groups is 1. The monoisotopic (exact) mass is 341 g/mol. The van der Waals surface area contributed by atoms with E-state index in [1.54, 1.807) is 11.1 Å². The van der Waals surface area contributed by atoms with Gasteiger partial charge in [0.2, 0.25) is 0 Å². The van der Waals surface area contributed by atoms with Crippen molar-refractivity contribution < 1.29 is 9.90 Å². The topological polar surface area (TPSA) is 58.4 Å². The number of aryl methyl sites for hydroxylation is 1. The highest BCUT2D eigenvalue weighted by Crippen LogP contribution is 2.26. The van der Waals surface area contributed by atoms with Crippen LogP contribution in [0.3, 0.4) is 0 Å². The molecule has 0 saturated heterocycles. The zero-order valence-corrected chi connectivity index (χ0v) is 15.3. The molecule has 0 aliphatic heterocycles. The first-order chi connectivity index (χ1) is 12.0. The molecule has 2 aromatic heterocycles. The molecule has 1 saturated carbocycles. The van der Waals surface area contributed by atoms with Gasteiger partial charge in [0.05, 0.1) is 11.7 Å². The van der Waals surface area contributed by atoms with Crippen molar-refractivity contribution in [2.24, 2.45) is 5.92 Å². The van der Waals surface area contributed by atoms with E-state index in [0.29, 0.717) is 12.1 Å². The van der Waals surface area contributed by atoms with E-state index >= 15 is 0 Å². The Labute approximate surface area is 149 Å². The molecule has 1 amide bonds. The average Bonchev–Trinajstić information content (AvgIpc) is 2.91. The Balaban J connectivity index is 1.80. The Hall–Kier alpha value is -2.14. The number of nitrogens with zero attached hydrogens (tertiary/aromatic N) is 3. The van der Waals surface area contributed by atoms with Crippen molar-refractivity contribution >= 4 is 5.91 Å². The largest absolute Gasteiger partial charge is 0.393 e. The number of aromatic nitrogens is 2. The molecule has 134 valence electrons. The summed E-state index contributed by atoms with van der Waals surface area (Å²) >= 11 is 0. The van der Waals surface area contributed by atoms with Gasteiger partial charge in [-0.3, -0.25) is 4.79 Å². The highest BCUT2D eigenvalue weighted by Gasteiger charge is 2.27. The standard InChI is InChI=1S/C20H27N3O2/c1-14-12-17(15(2)23(14)19-10-6-7-11-21-19)20(25)22(3)13-16-8-4-5-9-18(16)24/h6-7,10-12,16,18,24H,4-5,8-9,13H2,1-3H3. The summed E-state index contributed by atoms with van der Waals surface area (Å²) in [5.74, 6) is 1.01. The lowest BCUT2D eigenvalue weighted by Crippen LogP contribution is -2.38. The zero-order valence-electron chi connectivity index (χ0n) is 15.3. The molecule has 2 heterocycles. The number of hydrogen-bond donors (Lipinski definition) is 1. The van der Waals surface area contributed by atoms with Gasteiger partial charge in [-0.2, -0.15) is 0 Å². The van der Waals surface area contributed by atoms with E-state index in [4.69, 9.17) is 0 Å². The van der Waals surface area contributed by atoms with Crippen LogP contribution in [0.15, 0.2) is 30.5 Å². The summed E-state index contributed by atoms with van der Waals surface area (Å²) in [6.07, 6.45) is 5.53. The minimum Gasteiger partial charge on any atom is -0.393 e. The van der Waals surface area contributed by atoms with Gasteiger partial charge in [-0.15, -0.1) is 0 Å². The maximum Gasteiger partial charge on any atom is 0.255 e. The summed E-state index contributed by atoms with van der Waals surface area (Å²) < 4.78 is 2.01. The molecule has 5 heteroatoms. The van der Waals surface area contributed by atoms with Gasteiger partial charge in [-0.25, -0.2) is 4.98 Å². The van der Waals surface area contributed by atoms with E-state index in [0.717, 1.165) is 42.9 Å². The van der Waals surface area contributed by atoms with Gasteiger partial charge < -0.3 is 14.6 Å². The molecule has 1 aliphatic rings. The van der Waals surface area contributed by atoms with Crippen LogP contribution in [0, 0.1) is 19.8 Å². The summed E-state index contributed by atoms with van der Waals surface area (Å²) in [4.78, 5) is 19.1. The molecule has 0 radical (unpaired) electrons. The van der Waals surface area contributed by atoms with Gasteiger partial charge in [0.1, 0.15) is 5.82 Å². The van der Waals surface area contributed by atoms with Gasteiger partial charge >= 0.3 is 0 Å². The molecule has 0 bridgehead atoms. The predicted molar refractivity (Wildman–Crippen MR) is 98.0 cm³/mol. The first kappa shape index (κ1) is 17.7. The second-order valence-electron chi connectivity index (χ2n) is 7.11. The van der Waals surface area contributed by atoms with Gasteiger partial charge in [0, 0.05) is 37.1 Å². The third kappa shape index (κ3) is 3.61. The minimum atomic E-state index is -0.287. The number of aliphatic hydroxyl groups is 1. The van der Waals surface area contributed by atoms with Crippen molar-refractivity contribution in [3.05, 3.63) is 47.4 Å². The summed E-state index contributed by atoms with van der Waals surface area (Å²) in [6, 6.07) is 7.70. The number of carbonyl (C=O) groups excluding carboxylic acids is 1. The molecular formula is C20H27N3O2. The molecule has 5 nitrogen and oxygen atoms in total. The molecule has 3 rings (SSSR count). The summed E-state index contributed by atoms with van der Waals surface area (Å²) in [5, 5.41) is 10.2. The zero-order chi connectivity index (χ0) is 18.0. The van der Waals surface area contributed by atoms with Crippen molar-refractivity contribution in [1.82, 2.24) is 14.5 Å². The molecule has 1 fully saturated rings. The van der Waals surface area contributed by atoms with Gasteiger partial charge in [-0.1, -0.05) is 18.9 Å². The van der Waals surface area contributed by atoms with Crippen molar-refractivity contribution in [1.29, 1.82) is 0 Å². The smallest absolute Gasteiger partial charge is 0.255 e. The Bertz CT molecular complexity index is 739. The second-order valence-corrected chi connectivity index (χ2v) is 7.11. The Morgan fingerprint density at radius 3 is 2.76 bits per heavy atom. The molecule has 25 heavy (non-hydrogen) atoms. The fraction of sp³-hybridized carbons (Fsp3) is 0.500. The van der Waals surface area contributed by atoms with Crippen LogP contribution >= 0.6 is 0 Å². The van der Waals surface area contributed by atoms with Crippen molar-refractivity contribution in [2.75, 3.05) is 13.6 Å². The molecular weight excluding hydrogens is 314 g/mol. The average molecular weight is 341 g/mol. The van der Waals surface area contributed by atoms with Crippen molar-refractivity contribution in [3.63, 3.8) is 0 Å². The predicted octanol–water partition coefficient (Wildman–Crippen LogP) is 3.11. The van der Waals surface area contributed by atoms with Crippen LogP contribution in [0.5, 0.6) is 0 Å². The van der Waals surface area contributed by atoms with E-state index in [1.807, 2.05) is 49.7 Å². The Morgan fingerprint density at radius 2 is 2.08 bits per heavy atom. The van der Waals surface area contributed by atoms with Crippen molar-refractivity contribution in [3.8, 4) is 5.82 Å². The van der Waals surface area contributed by atoms with Crippen LogP contribution in [0.25, 0.3) is 5.82 Å². The highest BCUT2D eigenvalue weighted by atomic mass is 16.3. The lowest BCUT2D eigenvalue weighted by atomic mass is 9.86. The summed E-state index contributed by atoms with van der Waals surface area (Å²) in [7, 11) is 1.83. The van der Waals surface area contributed by atoms with E-state index in [2.05, 4.69) is 4.98 Å². The summed E-state index contributed by atoms with van der Waals surface area (Å²) in [5.41, 5.74) is 2.60. The van der Waals surface area contributed by atoms with Gasteiger partial charge in [0.15, 0.2) is 0 Å². The number of pyridine rings is 1. The lowest BCUT2D eigenvalue weighted by Gasteiger charge is -2.31. The van der Waals surface area contributed by atoms with E-state index < -0.39 is 0 Å². The molecule has 2 atom stereocenters. The number of aliphatic hydroxyl groups excluding tert-OH is 1. The highest BCUT2D eigenvalue weighted by molar-refractivity contribution is 5.95. The second kappa shape index (κ2) is 7.40. The first-order valence-corrected chi connectivity index (χ1v) is 9.03. The lowest BCUT2D eigenvalue weighted by molar-refractivity contribution is 0.0451. The van der Waals surface area contributed by atoms with Crippen LogP contribution in [-0.2, 0) is 0 Å². The fourth-order valence-electron chi connectivity index (χ4n) is 3.86. The third-order valence-electron chi connectivity index (χ3n) is 5.26.